The van der Waals surface area contributed by atoms with E-state index in [0.29, 0.717) is 7.61 Å². The predicted molar refractivity (Wildman–Crippen MR) is 159 cm³/mol. The standard InChI is InChI=1S/C7H26P10.6CH4/c1-7(2)12-4-15(9)6-16(13-8)5-14(3)17(10)11;;;;;;/h7,12-13H,4-6,8-11H2,1-3H3;6*1H4. The molecule has 0 N–H and O–H groups in total. The summed E-state index contributed by atoms with van der Waals surface area (Å²) in [4.78, 5) is 0. The SMILES string of the molecule is C.C.C.C.C.C.CC(C)PCP(P)CP(CP(C)P(P)P)PP. The summed E-state index contributed by atoms with van der Waals surface area (Å²) >= 11 is 0. The number of hydrogen-bond donors (Lipinski definition) is 0. The fourth-order valence-corrected chi connectivity index (χ4v) is 32.2. The molecule has 9 atom stereocenters. The van der Waals surface area contributed by atoms with Crippen molar-refractivity contribution < 1.29 is 0 Å². The van der Waals surface area contributed by atoms with Crippen molar-refractivity contribution in [1.29, 1.82) is 0 Å². The molecule has 0 rings (SSSR count). The fraction of sp³-hybridized carbons (Fsp3) is 1.00. The second-order valence-corrected chi connectivity index (χ2v) is 32.1. The van der Waals surface area contributed by atoms with Crippen LogP contribution in [0.2, 0.25) is 0 Å². The van der Waals surface area contributed by atoms with Gasteiger partial charge in [-0.1, -0.05) is 89.2 Å². The van der Waals surface area contributed by atoms with Gasteiger partial charge in [0.1, 0.15) is 0 Å². The van der Waals surface area contributed by atoms with Crippen molar-refractivity contribution in [2.45, 2.75) is 64.1 Å². The van der Waals surface area contributed by atoms with Crippen molar-refractivity contribution in [3.63, 3.8) is 0 Å². The van der Waals surface area contributed by atoms with E-state index in [-0.39, 0.29) is 66.8 Å². The highest BCUT2D eigenvalue weighted by atomic mass is 32.7. The first-order valence-electron chi connectivity index (χ1n) is 5.31. The summed E-state index contributed by atoms with van der Waals surface area (Å²) in [5, 5.41) is 0. The van der Waals surface area contributed by atoms with Gasteiger partial charge in [-0.2, -0.15) is 0 Å². The molecule has 0 spiro atoms. The number of hydrogen-bond acceptors (Lipinski definition) is 0. The van der Waals surface area contributed by atoms with Crippen LogP contribution in [0.1, 0.15) is 58.4 Å². The molecule has 0 aliphatic rings. The summed E-state index contributed by atoms with van der Waals surface area (Å²) in [7, 11) is 15.4. The zero-order chi connectivity index (χ0) is 13.4. The minimum absolute atomic E-state index is 0. The van der Waals surface area contributed by atoms with Gasteiger partial charge < -0.3 is 0 Å². The molecule has 0 amide bonds. The summed E-state index contributed by atoms with van der Waals surface area (Å²) in [6, 6.07) is 0. The normalized spacial score (nSPS) is 14.0. The van der Waals surface area contributed by atoms with Crippen molar-refractivity contribution >= 4 is 82.1 Å². The minimum atomic E-state index is 0. The van der Waals surface area contributed by atoms with Crippen LogP contribution in [0.4, 0.5) is 0 Å². The molecular formula is C13H50P10. The molecule has 0 aromatic heterocycles. The zero-order valence-electron chi connectivity index (χ0n) is 10.8. The molecule has 152 valence electrons. The van der Waals surface area contributed by atoms with E-state index in [1.165, 1.54) is 14.5 Å². The molecule has 9 unspecified atom stereocenters. The van der Waals surface area contributed by atoms with Gasteiger partial charge in [-0.3, -0.25) is 0 Å². The summed E-state index contributed by atoms with van der Waals surface area (Å²) < 4.78 is 0. The molecule has 0 aliphatic carbocycles. The lowest BCUT2D eigenvalue weighted by atomic mass is 10.6. The lowest BCUT2D eigenvalue weighted by Crippen LogP contribution is -1.86. The van der Waals surface area contributed by atoms with Gasteiger partial charge in [0.05, 0.1) is 0 Å². The molecule has 23 heavy (non-hydrogen) atoms. The van der Waals surface area contributed by atoms with Crippen LogP contribution in [0, 0.1) is 0 Å². The first-order valence-corrected chi connectivity index (χ1v) is 22.5. The Hall–Kier alpha value is 4.30. The monoisotopic (exact) mass is 516 g/mol. The third kappa shape index (κ3) is 28.6. The summed E-state index contributed by atoms with van der Waals surface area (Å²) in [5.74, 6) is 4.58. The average molecular weight is 516 g/mol. The van der Waals surface area contributed by atoms with Crippen LogP contribution >= 0.6 is 82.1 Å². The first kappa shape index (κ1) is 45.8. The molecule has 0 aliphatic heterocycles. The van der Waals surface area contributed by atoms with Crippen molar-refractivity contribution in [3.8, 4) is 0 Å². The highest BCUT2D eigenvalue weighted by molar-refractivity contribution is 8.73. The molecule has 0 fully saturated rings. The summed E-state index contributed by atoms with van der Waals surface area (Å²) in [6.07, 6.45) is 0. The average Bonchev–Trinajstić information content (AvgIpc) is 2.25. The maximum Gasteiger partial charge on any atom is -0.00357 e. The van der Waals surface area contributed by atoms with Crippen LogP contribution in [0.15, 0.2) is 0 Å². The Morgan fingerprint density at radius 2 is 1.30 bits per heavy atom. The third-order valence-electron chi connectivity index (χ3n) is 2.01. The smallest absolute Gasteiger partial charge is 0.00357 e. The third-order valence-corrected chi connectivity index (χ3v) is 32.8. The van der Waals surface area contributed by atoms with E-state index in [9.17, 15) is 0 Å². The van der Waals surface area contributed by atoms with Crippen LogP contribution in [0.3, 0.4) is 0 Å². The molecule has 0 saturated heterocycles. The molecular weight excluding hydrogens is 466 g/mol. The summed E-state index contributed by atoms with van der Waals surface area (Å²) in [5.41, 5.74) is 0.903. The van der Waals surface area contributed by atoms with Gasteiger partial charge in [-0.15, -0.1) is 44.3 Å². The van der Waals surface area contributed by atoms with E-state index < -0.39 is 0 Å². The second-order valence-electron chi connectivity index (χ2n) is 4.10. The van der Waals surface area contributed by atoms with E-state index >= 15 is 0 Å². The minimum Gasteiger partial charge on any atom is -0.115 e. The Bertz CT molecular complexity index is 192. The Morgan fingerprint density at radius 3 is 1.61 bits per heavy atom. The van der Waals surface area contributed by atoms with E-state index in [1.54, 1.807) is 11.8 Å². The Morgan fingerprint density at radius 1 is 0.870 bits per heavy atom. The van der Waals surface area contributed by atoms with Crippen LogP contribution in [-0.4, -0.2) is 30.0 Å². The molecule has 0 radical (unpaired) electrons. The van der Waals surface area contributed by atoms with Crippen LogP contribution in [-0.2, 0) is 0 Å². The Balaban J connectivity index is -0.0000000853. The topological polar surface area (TPSA) is 0 Å². The zero-order valence-corrected chi connectivity index (χ0v) is 21.0. The Labute approximate surface area is 170 Å². The van der Waals surface area contributed by atoms with Gasteiger partial charge in [0.2, 0.25) is 0 Å². The van der Waals surface area contributed by atoms with Crippen LogP contribution in [0.5, 0.6) is 0 Å². The first-order chi connectivity index (χ1) is 7.86. The van der Waals surface area contributed by atoms with Gasteiger partial charge >= 0.3 is 0 Å². The van der Waals surface area contributed by atoms with Crippen molar-refractivity contribution in [1.82, 2.24) is 0 Å². The van der Waals surface area contributed by atoms with E-state index in [0.717, 1.165) is 13.6 Å². The van der Waals surface area contributed by atoms with Gasteiger partial charge in [0.15, 0.2) is 0 Å². The Kier molecular flexibility index (Phi) is 56.8. The predicted octanol–water partition coefficient (Wildman–Crippen LogP) is 11.0. The molecule has 10 heteroatoms. The second kappa shape index (κ2) is 28.5. The van der Waals surface area contributed by atoms with Crippen molar-refractivity contribution in [2.24, 2.45) is 0 Å². The molecule has 0 heterocycles. The van der Waals surface area contributed by atoms with Crippen molar-refractivity contribution in [3.05, 3.63) is 0 Å². The van der Waals surface area contributed by atoms with Crippen LogP contribution < -0.4 is 0 Å². The van der Waals surface area contributed by atoms with Gasteiger partial charge in [0.25, 0.3) is 0 Å². The van der Waals surface area contributed by atoms with Gasteiger partial charge in [0, 0.05) is 0 Å². The van der Waals surface area contributed by atoms with Crippen molar-refractivity contribution in [2.75, 3.05) is 24.4 Å². The largest absolute Gasteiger partial charge is 0.115 e. The molecule has 0 aromatic carbocycles. The lowest BCUT2D eigenvalue weighted by Gasteiger charge is -2.25. The molecule has 0 saturated carbocycles. The van der Waals surface area contributed by atoms with Gasteiger partial charge in [-0.05, 0) is 37.0 Å². The lowest BCUT2D eigenvalue weighted by molar-refractivity contribution is 1.11. The van der Waals surface area contributed by atoms with E-state index in [2.05, 4.69) is 56.2 Å². The number of rotatable bonds is 9. The molecule has 0 bridgehead atoms. The fourth-order valence-electron chi connectivity index (χ4n) is 1.02. The summed E-state index contributed by atoms with van der Waals surface area (Å²) in [6.45, 7) is 7.37. The highest BCUT2D eigenvalue weighted by Gasteiger charge is 2.16. The van der Waals surface area contributed by atoms with Crippen LogP contribution in [0.25, 0.3) is 0 Å². The van der Waals surface area contributed by atoms with E-state index in [4.69, 9.17) is 0 Å². The maximum atomic E-state index is 3.17. The molecule has 0 nitrogen and oxygen atoms in total. The highest BCUT2D eigenvalue weighted by Crippen LogP contribution is 2.83. The molecule has 0 aromatic rings. The maximum absolute atomic E-state index is 3.17. The van der Waals surface area contributed by atoms with Gasteiger partial charge in [-0.25, -0.2) is 0 Å². The van der Waals surface area contributed by atoms with E-state index in [1.807, 2.05) is 0 Å². The quantitative estimate of drug-likeness (QED) is 0.268.